The number of allylic oxidation sites excluding steroid dienone is 2. The van der Waals surface area contributed by atoms with Gasteiger partial charge in [0.15, 0.2) is 0 Å². The Morgan fingerprint density at radius 3 is 2.72 bits per heavy atom. The molecule has 1 aromatic carbocycles. The van der Waals surface area contributed by atoms with Crippen molar-refractivity contribution in [3.05, 3.63) is 39.8 Å². The van der Waals surface area contributed by atoms with Crippen molar-refractivity contribution in [1.82, 2.24) is 0 Å². The van der Waals surface area contributed by atoms with Gasteiger partial charge in [-0.25, -0.2) is 0 Å². The van der Waals surface area contributed by atoms with Gasteiger partial charge in [0, 0.05) is 11.8 Å². The number of hydrogen-bond donors (Lipinski definition) is 2. The van der Waals surface area contributed by atoms with E-state index in [9.17, 15) is 0 Å². The van der Waals surface area contributed by atoms with Gasteiger partial charge in [-0.3, -0.25) is 4.79 Å². The molecule has 0 saturated carbocycles. The van der Waals surface area contributed by atoms with Crippen LogP contribution in [0.5, 0.6) is 5.75 Å². The molecule has 2 unspecified atom stereocenters. The number of carboxylic acid groups (broad SMARTS) is 1. The maximum absolute atomic E-state index is 8.36. The number of nitrogens with two attached hydrogens (primary N) is 1. The molecule has 1 aromatic rings. The average molecular weight is 364 g/mol. The van der Waals surface area contributed by atoms with Gasteiger partial charge in [-0.05, 0) is 58.8 Å². The van der Waals surface area contributed by atoms with Crippen LogP contribution in [-0.4, -0.2) is 18.7 Å². The SMILES string of the molecule is COc1ccc(CN)c(C2SC3=C(CC(C)(C)CC3)C2C)c1.O=CO. The molecule has 3 N–H and O–H groups in total. The zero-order valence-corrected chi connectivity index (χ0v) is 16.4. The van der Waals surface area contributed by atoms with Crippen molar-refractivity contribution in [3.63, 3.8) is 0 Å². The maximum Gasteiger partial charge on any atom is 0.290 e. The summed E-state index contributed by atoms with van der Waals surface area (Å²) in [6.07, 6.45) is 3.80. The van der Waals surface area contributed by atoms with Crippen molar-refractivity contribution in [3.8, 4) is 5.75 Å². The summed E-state index contributed by atoms with van der Waals surface area (Å²) in [7, 11) is 1.73. The lowest BCUT2D eigenvalue weighted by Gasteiger charge is -2.32. The van der Waals surface area contributed by atoms with E-state index in [-0.39, 0.29) is 6.47 Å². The molecule has 0 bridgehead atoms. The number of carbonyl (C=O) groups is 1. The maximum atomic E-state index is 8.36. The summed E-state index contributed by atoms with van der Waals surface area (Å²) in [6.45, 7) is 7.54. The molecule has 3 rings (SSSR count). The van der Waals surface area contributed by atoms with Gasteiger partial charge in [-0.2, -0.15) is 0 Å². The van der Waals surface area contributed by atoms with Crippen LogP contribution in [0.4, 0.5) is 0 Å². The standard InChI is InChI=1S/C19H27NOS.CH2O2/c1-12-16-10-19(2,3)8-7-17(16)22-18(12)15-9-14(21-4)6-5-13(15)11-20;2-1-3/h5-6,9,12,18H,7-8,10-11,20H2,1-4H3;1H,(H,2,3). The lowest BCUT2D eigenvalue weighted by atomic mass is 9.73. The minimum atomic E-state index is -0.250. The van der Waals surface area contributed by atoms with Crippen molar-refractivity contribution < 1.29 is 14.6 Å². The quantitative estimate of drug-likeness (QED) is 0.759. The second-order valence-electron chi connectivity index (χ2n) is 7.49. The second kappa shape index (κ2) is 8.28. The number of ether oxygens (including phenoxy) is 1. The Balaban J connectivity index is 0.000000701. The zero-order chi connectivity index (χ0) is 18.6. The molecule has 0 amide bonds. The number of hydrogen-bond acceptors (Lipinski definition) is 4. The van der Waals surface area contributed by atoms with E-state index in [2.05, 4.69) is 44.7 Å². The van der Waals surface area contributed by atoms with E-state index in [1.165, 1.54) is 30.4 Å². The normalized spacial score (nSPS) is 24.2. The predicted molar refractivity (Wildman–Crippen MR) is 104 cm³/mol. The van der Waals surface area contributed by atoms with Gasteiger partial charge in [0.1, 0.15) is 5.75 Å². The first-order valence-corrected chi connectivity index (χ1v) is 9.58. The number of benzene rings is 1. The van der Waals surface area contributed by atoms with E-state index in [4.69, 9.17) is 20.4 Å². The molecular formula is C20H29NO3S. The van der Waals surface area contributed by atoms with E-state index in [1.54, 1.807) is 17.6 Å². The van der Waals surface area contributed by atoms with Crippen molar-refractivity contribution in [2.45, 2.75) is 51.8 Å². The van der Waals surface area contributed by atoms with Crippen LogP contribution < -0.4 is 10.5 Å². The first-order valence-electron chi connectivity index (χ1n) is 8.70. The third-order valence-electron chi connectivity index (χ3n) is 5.21. The summed E-state index contributed by atoms with van der Waals surface area (Å²) >= 11 is 2.07. The minimum absolute atomic E-state index is 0.250. The van der Waals surface area contributed by atoms with Gasteiger partial charge in [-0.15, -0.1) is 11.8 Å². The topological polar surface area (TPSA) is 72.5 Å². The van der Waals surface area contributed by atoms with Crippen molar-refractivity contribution in [2.24, 2.45) is 17.1 Å². The molecule has 2 atom stereocenters. The summed E-state index contributed by atoms with van der Waals surface area (Å²) < 4.78 is 5.44. The first-order chi connectivity index (χ1) is 11.9. The van der Waals surface area contributed by atoms with Crippen LogP contribution >= 0.6 is 11.8 Å². The largest absolute Gasteiger partial charge is 0.497 e. The highest BCUT2D eigenvalue weighted by Gasteiger charge is 2.39. The molecule has 25 heavy (non-hydrogen) atoms. The lowest BCUT2D eigenvalue weighted by molar-refractivity contribution is -0.122. The molecular weight excluding hydrogens is 334 g/mol. The molecule has 1 aliphatic carbocycles. The van der Waals surface area contributed by atoms with Gasteiger partial charge < -0.3 is 15.6 Å². The molecule has 2 aliphatic rings. The van der Waals surface area contributed by atoms with Crippen LogP contribution in [0.25, 0.3) is 0 Å². The Bertz CT molecular complexity index is 654. The summed E-state index contributed by atoms with van der Waals surface area (Å²) in [5, 5.41) is 7.38. The van der Waals surface area contributed by atoms with Crippen LogP contribution in [-0.2, 0) is 11.3 Å². The highest BCUT2D eigenvalue weighted by Crippen LogP contribution is 2.59. The van der Waals surface area contributed by atoms with E-state index in [0.717, 1.165) is 5.75 Å². The van der Waals surface area contributed by atoms with Gasteiger partial charge in [0.2, 0.25) is 0 Å². The Morgan fingerprint density at radius 1 is 1.44 bits per heavy atom. The second-order valence-corrected chi connectivity index (χ2v) is 8.73. The third kappa shape index (κ3) is 4.39. The van der Waals surface area contributed by atoms with Gasteiger partial charge in [-0.1, -0.05) is 32.4 Å². The Morgan fingerprint density at radius 2 is 2.12 bits per heavy atom. The molecule has 1 heterocycles. The summed E-state index contributed by atoms with van der Waals surface area (Å²) in [5.74, 6) is 1.53. The van der Waals surface area contributed by atoms with E-state index < -0.39 is 0 Å². The van der Waals surface area contributed by atoms with Gasteiger partial charge in [0.05, 0.1) is 7.11 Å². The molecule has 0 radical (unpaired) electrons. The van der Waals surface area contributed by atoms with Crippen LogP contribution in [0.2, 0.25) is 0 Å². The summed E-state index contributed by atoms with van der Waals surface area (Å²) in [6, 6.07) is 6.34. The van der Waals surface area contributed by atoms with Gasteiger partial charge >= 0.3 is 0 Å². The van der Waals surface area contributed by atoms with Crippen LogP contribution in [0.15, 0.2) is 28.7 Å². The molecule has 0 spiro atoms. The van der Waals surface area contributed by atoms with Crippen molar-refractivity contribution >= 4 is 18.2 Å². The Hall–Kier alpha value is -1.46. The number of thioether (sulfide) groups is 1. The molecule has 0 aromatic heterocycles. The van der Waals surface area contributed by atoms with Crippen molar-refractivity contribution in [2.75, 3.05) is 7.11 Å². The minimum Gasteiger partial charge on any atom is -0.497 e. The van der Waals surface area contributed by atoms with Crippen molar-refractivity contribution in [1.29, 1.82) is 0 Å². The third-order valence-corrected chi connectivity index (χ3v) is 6.88. The molecule has 0 fully saturated rings. The molecule has 138 valence electrons. The average Bonchev–Trinajstić information content (AvgIpc) is 2.90. The van der Waals surface area contributed by atoms with E-state index in [1.807, 2.05) is 6.07 Å². The highest BCUT2D eigenvalue weighted by atomic mass is 32.2. The number of methoxy groups -OCH3 is 1. The predicted octanol–water partition coefficient (Wildman–Crippen LogP) is 4.74. The van der Waals surface area contributed by atoms with Crippen LogP contribution in [0.1, 0.15) is 56.4 Å². The smallest absolute Gasteiger partial charge is 0.290 e. The fourth-order valence-electron chi connectivity index (χ4n) is 3.79. The lowest BCUT2D eigenvalue weighted by Crippen LogP contribution is -2.19. The van der Waals surface area contributed by atoms with Gasteiger partial charge in [0.25, 0.3) is 6.47 Å². The summed E-state index contributed by atoms with van der Waals surface area (Å²) in [5.41, 5.74) is 10.7. The zero-order valence-electron chi connectivity index (χ0n) is 15.5. The Kier molecular flexibility index (Phi) is 6.58. The first kappa shape index (κ1) is 19.9. The van der Waals surface area contributed by atoms with Crippen LogP contribution in [0, 0.1) is 11.3 Å². The Labute approximate surface area is 154 Å². The molecule has 4 nitrogen and oxygen atoms in total. The fraction of sp³-hybridized carbons (Fsp3) is 0.550. The summed E-state index contributed by atoms with van der Waals surface area (Å²) in [4.78, 5) is 10.0. The van der Waals surface area contributed by atoms with Crippen LogP contribution in [0.3, 0.4) is 0 Å². The highest BCUT2D eigenvalue weighted by molar-refractivity contribution is 8.03. The molecule has 1 aliphatic heterocycles. The van der Waals surface area contributed by atoms with E-state index in [0.29, 0.717) is 23.1 Å². The molecule has 5 heteroatoms. The van der Waals surface area contributed by atoms with E-state index >= 15 is 0 Å². The number of rotatable bonds is 3. The molecule has 0 saturated heterocycles. The monoisotopic (exact) mass is 363 g/mol. The fourth-order valence-corrected chi connectivity index (χ4v) is 5.44.